The fourth-order valence-electron chi connectivity index (χ4n) is 1.03. The summed E-state index contributed by atoms with van der Waals surface area (Å²) in [6.45, 7) is 1.57. The van der Waals surface area contributed by atoms with E-state index in [0.29, 0.717) is 5.69 Å². The molecule has 3 nitrogen and oxygen atoms in total. The molecule has 0 aliphatic heterocycles. The summed E-state index contributed by atoms with van der Waals surface area (Å²) in [4.78, 5) is 3.76. The number of rotatable bonds is 2. The third-order valence-electron chi connectivity index (χ3n) is 1.75. The van der Waals surface area contributed by atoms with Gasteiger partial charge in [0.05, 0.1) is 23.9 Å². The molecule has 0 bridgehead atoms. The van der Waals surface area contributed by atoms with E-state index in [-0.39, 0.29) is 17.0 Å². The summed E-state index contributed by atoms with van der Waals surface area (Å²) < 4.78 is 29.6. The minimum atomic E-state index is -2.69. The highest BCUT2D eigenvalue weighted by molar-refractivity contribution is 5.41. The quantitative estimate of drug-likeness (QED) is 0.731. The first-order valence-electron chi connectivity index (χ1n) is 3.84. The number of alkyl halides is 2. The van der Waals surface area contributed by atoms with Gasteiger partial charge in [-0.05, 0) is 13.0 Å². The first-order chi connectivity index (χ1) is 6.60. The highest BCUT2D eigenvalue weighted by Gasteiger charge is 2.17. The maximum atomic E-state index is 12.4. The number of pyridine rings is 1. The molecule has 0 aliphatic rings. The van der Waals surface area contributed by atoms with Crippen LogP contribution in [-0.4, -0.2) is 12.1 Å². The molecule has 0 aliphatic carbocycles. The summed E-state index contributed by atoms with van der Waals surface area (Å²) in [6.07, 6.45) is -2.69. The van der Waals surface area contributed by atoms with E-state index < -0.39 is 6.43 Å². The van der Waals surface area contributed by atoms with Gasteiger partial charge in [0.2, 0.25) is 5.88 Å². The summed E-state index contributed by atoms with van der Waals surface area (Å²) in [5.41, 5.74) is 0.171. The van der Waals surface area contributed by atoms with Gasteiger partial charge in [-0.1, -0.05) is 0 Å². The molecule has 0 aromatic carbocycles. The fourth-order valence-corrected chi connectivity index (χ4v) is 1.03. The molecular formula is C9H8F2N2O. The van der Waals surface area contributed by atoms with E-state index in [1.54, 1.807) is 13.0 Å². The van der Waals surface area contributed by atoms with Crippen LogP contribution >= 0.6 is 0 Å². The zero-order valence-electron chi connectivity index (χ0n) is 7.71. The van der Waals surface area contributed by atoms with Gasteiger partial charge in [0.1, 0.15) is 6.07 Å². The predicted octanol–water partition coefficient (Wildman–Crippen LogP) is 2.21. The first-order valence-corrected chi connectivity index (χ1v) is 3.84. The average molecular weight is 198 g/mol. The van der Waals surface area contributed by atoms with Crippen LogP contribution in [0.3, 0.4) is 0 Å². The van der Waals surface area contributed by atoms with Gasteiger partial charge in [0.25, 0.3) is 6.43 Å². The van der Waals surface area contributed by atoms with E-state index in [2.05, 4.69) is 9.72 Å². The largest absolute Gasteiger partial charge is 0.481 e. The number of nitrogens with zero attached hydrogens (tertiary/aromatic N) is 2. The van der Waals surface area contributed by atoms with Crippen LogP contribution in [0.4, 0.5) is 8.78 Å². The molecule has 0 amide bonds. The van der Waals surface area contributed by atoms with Gasteiger partial charge in [0.15, 0.2) is 0 Å². The summed E-state index contributed by atoms with van der Waals surface area (Å²) in [6, 6.07) is 2.89. The molecule has 0 unspecified atom stereocenters. The van der Waals surface area contributed by atoms with Crippen molar-refractivity contribution < 1.29 is 13.5 Å². The second kappa shape index (κ2) is 4.01. The molecule has 1 aromatic heterocycles. The minimum Gasteiger partial charge on any atom is -0.481 e. The minimum absolute atomic E-state index is 0.128. The molecule has 0 fully saturated rings. The Hall–Kier alpha value is -1.70. The molecule has 0 N–H and O–H groups in total. The number of ether oxygens (including phenoxy) is 1. The zero-order chi connectivity index (χ0) is 10.7. The van der Waals surface area contributed by atoms with Crippen molar-refractivity contribution in [1.29, 1.82) is 5.26 Å². The molecule has 0 radical (unpaired) electrons. The third kappa shape index (κ3) is 1.79. The van der Waals surface area contributed by atoms with E-state index in [1.165, 1.54) is 7.11 Å². The van der Waals surface area contributed by atoms with Gasteiger partial charge in [0, 0.05) is 0 Å². The Labute approximate surface area is 79.9 Å². The van der Waals surface area contributed by atoms with E-state index in [4.69, 9.17) is 5.26 Å². The van der Waals surface area contributed by atoms with Crippen LogP contribution in [-0.2, 0) is 0 Å². The Morgan fingerprint density at radius 1 is 1.57 bits per heavy atom. The number of hydrogen-bond donors (Lipinski definition) is 0. The van der Waals surface area contributed by atoms with Crippen LogP contribution in [0.25, 0.3) is 0 Å². The highest BCUT2D eigenvalue weighted by Crippen LogP contribution is 2.28. The number of nitriles is 1. The Morgan fingerprint density at radius 3 is 2.64 bits per heavy atom. The number of halogens is 2. The van der Waals surface area contributed by atoms with Crippen LogP contribution in [0, 0.1) is 18.3 Å². The van der Waals surface area contributed by atoms with Crippen molar-refractivity contribution in [3.63, 3.8) is 0 Å². The molecule has 0 spiro atoms. The van der Waals surface area contributed by atoms with Crippen molar-refractivity contribution in [1.82, 2.24) is 4.98 Å². The maximum Gasteiger partial charge on any atom is 0.269 e. The van der Waals surface area contributed by atoms with Gasteiger partial charge < -0.3 is 4.74 Å². The Balaban J connectivity index is 3.34. The second-order valence-electron chi connectivity index (χ2n) is 2.63. The SMILES string of the molecule is COc1nc(C)c(C#N)cc1C(F)F. The zero-order valence-corrected chi connectivity index (χ0v) is 7.71. The molecule has 5 heteroatoms. The van der Waals surface area contributed by atoms with Crippen LogP contribution in [0.15, 0.2) is 6.07 Å². The van der Waals surface area contributed by atoms with Gasteiger partial charge in [-0.25, -0.2) is 13.8 Å². The Kier molecular flexibility index (Phi) is 2.97. The van der Waals surface area contributed by atoms with Crippen molar-refractivity contribution in [3.8, 4) is 11.9 Å². The molecule has 1 rings (SSSR count). The van der Waals surface area contributed by atoms with Gasteiger partial charge in [-0.2, -0.15) is 5.26 Å². The topological polar surface area (TPSA) is 45.9 Å². The van der Waals surface area contributed by atoms with Crippen molar-refractivity contribution in [2.75, 3.05) is 7.11 Å². The van der Waals surface area contributed by atoms with Crippen molar-refractivity contribution in [3.05, 3.63) is 22.9 Å². The molecule has 1 aromatic rings. The monoisotopic (exact) mass is 198 g/mol. The molecule has 0 atom stereocenters. The lowest BCUT2D eigenvalue weighted by Gasteiger charge is -2.08. The number of hydrogen-bond acceptors (Lipinski definition) is 3. The summed E-state index contributed by atoms with van der Waals surface area (Å²) in [7, 11) is 1.26. The van der Waals surface area contributed by atoms with Crippen molar-refractivity contribution in [2.45, 2.75) is 13.3 Å². The van der Waals surface area contributed by atoms with Crippen molar-refractivity contribution >= 4 is 0 Å². The van der Waals surface area contributed by atoms with Crippen LogP contribution < -0.4 is 4.74 Å². The Morgan fingerprint density at radius 2 is 2.21 bits per heavy atom. The predicted molar refractivity (Wildman–Crippen MR) is 45.2 cm³/mol. The average Bonchev–Trinajstić information content (AvgIpc) is 2.16. The fraction of sp³-hybridized carbons (Fsp3) is 0.333. The van der Waals surface area contributed by atoms with Crippen LogP contribution in [0.5, 0.6) is 5.88 Å². The Bertz CT molecular complexity index is 385. The van der Waals surface area contributed by atoms with E-state index >= 15 is 0 Å². The maximum absolute atomic E-state index is 12.4. The third-order valence-corrected chi connectivity index (χ3v) is 1.75. The second-order valence-corrected chi connectivity index (χ2v) is 2.63. The lowest BCUT2D eigenvalue weighted by molar-refractivity contribution is 0.146. The van der Waals surface area contributed by atoms with E-state index in [9.17, 15) is 8.78 Å². The van der Waals surface area contributed by atoms with Crippen molar-refractivity contribution in [2.24, 2.45) is 0 Å². The van der Waals surface area contributed by atoms with E-state index in [1.807, 2.05) is 0 Å². The highest BCUT2D eigenvalue weighted by atomic mass is 19.3. The van der Waals surface area contributed by atoms with E-state index in [0.717, 1.165) is 6.07 Å². The summed E-state index contributed by atoms with van der Waals surface area (Å²) in [5, 5.41) is 8.61. The number of aromatic nitrogens is 1. The summed E-state index contributed by atoms with van der Waals surface area (Å²) in [5.74, 6) is -0.128. The molecule has 74 valence electrons. The van der Waals surface area contributed by atoms with Crippen LogP contribution in [0.2, 0.25) is 0 Å². The molecule has 0 saturated heterocycles. The normalized spacial score (nSPS) is 10.0. The lowest BCUT2D eigenvalue weighted by Crippen LogP contribution is -1.99. The standard InChI is InChI=1S/C9H8F2N2O/c1-5-6(4-12)3-7(8(10)11)9(13-5)14-2/h3,8H,1-2H3. The van der Waals surface area contributed by atoms with Crippen LogP contribution in [0.1, 0.15) is 23.2 Å². The van der Waals surface area contributed by atoms with Gasteiger partial charge in [-0.15, -0.1) is 0 Å². The number of methoxy groups -OCH3 is 1. The molecule has 14 heavy (non-hydrogen) atoms. The molecule has 1 heterocycles. The van der Waals surface area contributed by atoms with Gasteiger partial charge >= 0.3 is 0 Å². The molecule has 0 saturated carbocycles. The molecular weight excluding hydrogens is 190 g/mol. The van der Waals surface area contributed by atoms with Gasteiger partial charge in [-0.3, -0.25) is 0 Å². The number of aryl methyl sites for hydroxylation is 1. The first kappa shape index (κ1) is 10.4. The smallest absolute Gasteiger partial charge is 0.269 e. The lowest BCUT2D eigenvalue weighted by atomic mass is 10.1. The summed E-state index contributed by atoms with van der Waals surface area (Å²) >= 11 is 0.